The summed E-state index contributed by atoms with van der Waals surface area (Å²) < 4.78 is 10.5. The number of hydrogen-bond donors (Lipinski definition) is 0. The Kier molecular flexibility index (Phi) is 6.54. The predicted octanol–water partition coefficient (Wildman–Crippen LogP) is 2.25. The van der Waals surface area contributed by atoms with Gasteiger partial charge < -0.3 is 9.47 Å². The van der Waals surface area contributed by atoms with Gasteiger partial charge in [-0.3, -0.25) is 4.79 Å². The summed E-state index contributed by atoms with van der Waals surface area (Å²) in [4.78, 5) is 11.1. The summed E-state index contributed by atoms with van der Waals surface area (Å²) in [6.07, 6.45) is -0.0138. The fraction of sp³-hybridized carbons (Fsp3) is 0.909. The molecule has 0 saturated carbocycles. The smallest absolute Gasteiger partial charge is 0.308 e. The van der Waals surface area contributed by atoms with E-state index in [9.17, 15) is 4.79 Å². The maximum absolute atomic E-state index is 11.1. The van der Waals surface area contributed by atoms with Crippen LogP contribution in [0.2, 0.25) is 0 Å². The molecule has 84 valence electrons. The van der Waals surface area contributed by atoms with Gasteiger partial charge in [-0.2, -0.15) is 0 Å². The molecule has 0 bridgehead atoms. The Balaban J connectivity index is 3.53. The van der Waals surface area contributed by atoms with Crippen LogP contribution in [0.15, 0.2) is 0 Å². The third kappa shape index (κ3) is 6.89. The Morgan fingerprint density at radius 2 is 1.64 bits per heavy atom. The first-order valence-electron chi connectivity index (χ1n) is 5.21. The average molecular weight is 202 g/mol. The molecular weight excluding hydrogens is 180 g/mol. The van der Waals surface area contributed by atoms with E-state index in [-0.39, 0.29) is 18.0 Å². The van der Waals surface area contributed by atoms with Crippen LogP contribution in [-0.2, 0) is 14.3 Å². The molecule has 1 unspecified atom stereocenters. The third-order valence-electron chi connectivity index (χ3n) is 1.65. The lowest BCUT2D eigenvalue weighted by atomic mass is 10.2. The highest BCUT2D eigenvalue weighted by Crippen LogP contribution is 2.01. The SMILES string of the molecule is CC(C)COC(C)COC(=O)C(C)C. The van der Waals surface area contributed by atoms with E-state index in [2.05, 4.69) is 13.8 Å². The Labute approximate surface area is 86.8 Å². The van der Waals surface area contributed by atoms with Crippen LogP contribution in [0, 0.1) is 11.8 Å². The Morgan fingerprint density at radius 1 is 1.07 bits per heavy atom. The second-order valence-corrected chi connectivity index (χ2v) is 4.32. The fourth-order valence-electron chi connectivity index (χ4n) is 0.771. The molecule has 0 spiro atoms. The summed E-state index contributed by atoms with van der Waals surface area (Å²) in [6, 6.07) is 0. The Bertz CT molecular complexity index is 164. The molecule has 0 amide bonds. The van der Waals surface area contributed by atoms with Gasteiger partial charge in [0, 0.05) is 6.61 Å². The van der Waals surface area contributed by atoms with Crippen LogP contribution in [0.4, 0.5) is 0 Å². The number of rotatable bonds is 6. The van der Waals surface area contributed by atoms with Crippen molar-refractivity contribution in [3.05, 3.63) is 0 Å². The summed E-state index contributed by atoms with van der Waals surface area (Å²) >= 11 is 0. The van der Waals surface area contributed by atoms with Gasteiger partial charge in [-0.1, -0.05) is 27.7 Å². The van der Waals surface area contributed by atoms with E-state index in [1.54, 1.807) is 0 Å². The summed E-state index contributed by atoms with van der Waals surface area (Å²) in [5, 5.41) is 0. The highest BCUT2D eigenvalue weighted by atomic mass is 16.6. The van der Waals surface area contributed by atoms with Crippen molar-refractivity contribution in [2.75, 3.05) is 13.2 Å². The molecule has 0 radical (unpaired) electrons. The van der Waals surface area contributed by atoms with Gasteiger partial charge in [-0.25, -0.2) is 0 Å². The van der Waals surface area contributed by atoms with Gasteiger partial charge in [0.05, 0.1) is 12.0 Å². The van der Waals surface area contributed by atoms with Crippen molar-refractivity contribution in [3.63, 3.8) is 0 Å². The third-order valence-corrected chi connectivity index (χ3v) is 1.65. The van der Waals surface area contributed by atoms with Crippen LogP contribution in [0.25, 0.3) is 0 Å². The standard InChI is InChI=1S/C11H22O3/c1-8(2)6-13-10(5)7-14-11(12)9(3)4/h8-10H,6-7H2,1-5H3. The van der Waals surface area contributed by atoms with Gasteiger partial charge in [-0.05, 0) is 12.8 Å². The molecule has 0 heterocycles. The summed E-state index contributed by atoms with van der Waals surface area (Å²) in [5.74, 6) is 0.288. The summed E-state index contributed by atoms with van der Waals surface area (Å²) in [5.41, 5.74) is 0. The van der Waals surface area contributed by atoms with Crippen LogP contribution in [0.1, 0.15) is 34.6 Å². The van der Waals surface area contributed by atoms with Gasteiger partial charge in [0.2, 0.25) is 0 Å². The maximum Gasteiger partial charge on any atom is 0.308 e. The summed E-state index contributed by atoms with van der Waals surface area (Å²) in [6.45, 7) is 10.8. The van der Waals surface area contributed by atoms with Crippen molar-refractivity contribution in [2.45, 2.75) is 40.7 Å². The normalized spacial score (nSPS) is 13.4. The zero-order valence-electron chi connectivity index (χ0n) is 9.87. The number of ether oxygens (including phenoxy) is 2. The van der Waals surface area contributed by atoms with Gasteiger partial charge in [0.1, 0.15) is 6.61 Å². The summed E-state index contributed by atoms with van der Waals surface area (Å²) in [7, 11) is 0. The minimum absolute atomic E-state index is 0.0138. The number of carbonyl (C=O) groups is 1. The van der Waals surface area contributed by atoms with Crippen molar-refractivity contribution in [2.24, 2.45) is 11.8 Å². The lowest BCUT2D eigenvalue weighted by Gasteiger charge is -2.15. The lowest BCUT2D eigenvalue weighted by molar-refractivity contribution is -0.151. The maximum atomic E-state index is 11.1. The van der Waals surface area contributed by atoms with E-state index in [0.717, 1.165) is 0 Å². The molecule has 0 aliphatic heterocycles. The number of esters is 1. The van der Waals surface area contributed by atoms with Gasteiger partial charge in [-0.15, -0.1) is 0 Å². The molecule has 0 aliphatic rings. The Morgan fingerprint density at radius 3 is 2.07 bits per heavy atom. The quantitative estimate of drug-likeness (QED) is 0.620. The van der Waals surface area contributed by atoms with E-state index in [4.69, 9.17) is 9.47 Å². The van der Waals surface area contributed by atoms with Crippen molar-refractivity contribution < 1.29 is 14.3 Å². The molecule has 0 rings (SSSR count). The van der Waals surface area contributed by atoms with Crippen LogP contribution >= 0.6 is 0 Å². The van der Waals surface area contributed by atoms with E-state index in [1.165, 1.54) is 0 Å². The van der Waals surface area contributed by atoms with Crippen molar-refractivity contribution in [1.29, 1.82) is 0 Å². The molecular formula is C11H22O3. The topological polar surface area (TPSA) is 35.5 Å². The molecule has 0 fully saturated rings. The van der Waals surface area contributed by atoms with Crippen LogP contribution in [-0.4, -0.2) is 25.3 Å². The molecule has 3 heteroatoms. The van der Waals surface area contributed by atoms with Gasteiger partial charge in [0.15, 0.2) is 0 Å². The van der Waals surface area contributed by atoms with Crippen molar-refractivity contribution >= 4 is 5.97 Å². The molecule has 0 N–H and O–H groups in total. The van der Waals surface area contributed by atoms with Gasteiger partial charge >= 0.3 is 5.97 Å². The largest absolute Gasteiger partial charge is 0.463 e. The van der Waals surface area contributed by atoms with E-state index in [0.29, 0.717) is 19.1 Å². The first kappa shape index (κ1) is 13.4. The monoisotopic (exact) mass is 202 g/mol. The van der Waals surface area contributed by atoms with Gasteiger partial charge in [0.25, 0.3) is 0 Å². The first-order chi connectivity index (χ1) is 6.43. The minimum atomic E-state index is -0.162. The van der Waals surface area contributed by atoms with E-state index >= 15 is 0 Å². The molecule has 0 aliphatic carbocycles. The highest BCUT2D eigenvalue weighted by molar-refractivity contribution is 5.71. The van der Waals surface area contributed by atoms with Crippen LogP contribution < -0.4 is 0 Å². The molecule has 3 nitrogen and oxygen atoms in total. The Hall–Kier alpha value is -0.570. The van der Waals surface area contributed by atoms with Crippen molar-refractivity contribution in [1.82, 2.24) is 0 Å². The zero-order valence-corrected chi connectivity index (χ0v) is 9.87. The van der Waals surface area contributed by atoms with E-state index in [1.807, 2.05) is 20.8 Å². The molecule has 0 aromatic carbocycles. The lowest BCUT2D eigenvalue weighted by Crippen LogP contribution is -2.22. The molecule has 0 aromatic heterocycles. The second kappa shape index (κ2) is 6.82. The second-order valence-electron chi connectivity index (χ2n) is 4.32. The molecule has 0 aromatic rings. The van der Waals surface area contributed by atoms with Crippen LogP contribution in [0.3, 0.4) is 0 Å². The highest BCUT2D eigenvalue weighted by Gasteiger charge is 2.11. The molecule has 1 atom stereocenters. The molecule has 14 heavy (non-hydrogen) atoms. The van der Waals surface area contributed by atoms with Crippen LogP contribution in [0.5, 0.6) is 0 Å². The number of carbonyl (C=O) groups excluding carboxylic acids is 1. The molecule has 0 saturated heterocycles. The number of hydrogen-bond acceptors (Lipinski definition) is 3. The minimum Gasteiger partial charge on any atom is -0.463 e. The van der Waals surface area contributed by atoms with Crippen molar-refractivity contribution in [3.8, 4) is 0 Å². The first-order valence-corrected chi connectivity index (χ1v) is 5.21. The fourth-order valence-corrected chi connectivity index (χ4v) is 0.771. The zero-order chi connectivity index (χ0) is 11.1. The van der Waals surface area contributed by atoms with E-state index < -0.39 is 0 Å². The predicted molar refractivity (Wildman–Crippen MR) is 56.0 cm³/mol. The average Bonchev–Trinajstić information content (AvgIpc) is 2.10.